The number of benzene rings is 1. The van der Waals surface area contributed by atoms with Crippen LogP contribution >= 0.6 is 11.6 Å². The number of pyridine rings is 1. The Hall–Kier alpha value is -3.26. The van der Waals surface area contributed by atoms with Crippen LogP contribution in [0.2, 0.25) is 5.02 Å². The molecule has 3 rings (SSSR count). The summed E-state index contributed by atoms with van der Waals surface area (Å²) in [6.07, 6.45) is 1.02. The molecule has 0 radical (unpaired) electrons. The van der Waals surface area contributed by atoms with Crippen LogP contribution in [0.25, 0.3) is 11.0 Å². The average molecular weight is 407 g/mol. The summed E-state index contributed by atoms with van der Waals surface area (Å²) >= 11 is 5.80. The fourth-order valence-electron chi connectivity index (χ4n) is 2.27. The number of carbonyl (C=O) groups is 2. The van der Waals surface area contributed by atoms with Gasteiger partial charge in [0.05, 0.1) is 11.1 Å². The second-order valence-electron chi connectivity index (χ2n) is 5.77. The Labute approximate surface area is 165 Å². The van der Waals surface area contributed by atoms with E-state index in [4.69, 9.17) is 31.6 Å². The number of aryl methyl sites for hydroxylation is 1. The first-order valence-corrected chi connectivity index (χ1v) is 8.68. The number of primary amides is 1. The number of fused-ring (bicyclic) bond motifs is 1. The number of aliphatic carboxylic acids is 1. The van der Waals surface area contributed by atoms with Crippen LogP contribution < -0.4 is 10.5 Å². The molecule has 0 unspecified atom stereocenters. The third-order valence-electron chi connectivity index (χ3n) is 3.53. The van der Waals surface area contributed by atoms with Gasteiger partial charge in [-0.15, -0.1) is 0 Å². The van der Waals surface area contributed by atoms with Crippen LogP contribution in [0.5, 0.6) is 17.4 Å². The van der Waals surface area contributed by atoms with E-state index < -0.39 is 11.9 Å². The second-order valence-corrected chi connectivity index (χ2v) is 6.20. The quantitative estimate of drug-likeness (QED) is 0.575. The maximum Gasteiger partial charge on any atom is 0.303 e. The van der Waals surface area contributed by atoms with Crippen molar-refractivity contribution in [2.45, 2.75) is 26.7 Å². The van der Waals surface area contributed by atoms with Gasteiger partial charge >= 0.3 is 5.97 Å². The summed E-state index contributed by atoms with van der Waals surface area (Å²) in [7, 11) is 0. The molecule has 4 N–H and O–H groups in total. The number of amides is 1. The number of hydrogen-bond donors (Lipinski definition) is 3. The predicted molar refractivity (Wildman–Crippen MR) is 103 cm³/mol. The average Bonchev–Trinajstić information content (AvgIpc) is 3.05. The molecule has 0 saturated heterocycles. The Kier molecular flexibility index (Phi) is 6.84. The van der Waals surface area contributed by atoms with Gasteiger partial charge in [-0.3, -0.25) is 9.59 Å². The lowest BCUT2D eigenvalue weighted by Crippen LogP contribution is -2.13. The van der Waals surface area contributed by atoms with E-state index in [-0.39, 0.29) is 17.4 Å². The van der Waals surface area contributed by atoms with Crippen molar-refractivity contribution in [3.8, 4) is 17.4 Å². The van der Waals surface area contributed by atoms with Crippen molar-refractivity contribution in [1.29, 1.82) is 0 Å². The highest BCUT2D eigenvalue weighted by Gasteiger charge is 2.19. The van der Waals surface area contributed by atoms with Crippen LogP contribution in [0, 0.1) is 6.92 Å². The van der Waals surface area contributed by atoms with Crippen molar-refractivity contribution in [3.63, 3.8) is 0 Å². The summed E-state index contributed by atoms with van der Waals surface area (Å²) in [6, 6.07) is 8.18. The van der Waals surface area contributed by atoms with Gasteiger partial charge in [-0.2, -0.15) is 0 Å². The smallest absolute Gasteiger partial charge is 0.303 e. The Bertz CT molecular complexity index is 998. The van der Waals surface area contributed by atoms with Gasteiger partial charge in [0.2, 0.25) is 0 Å². The summed E-state index contributed by atoms with van der Waals surface area (Å²) in [4.78, 5) is 24.8. The number of nitrogens with zero attached hydrogens (tertiary/aromatic N) is 1. The molecular formula is C19H19ClN2O6. The highest BCUT2D eigenvalue weighted by atomic mass is 35.5. The van der Waals surface area contributed by atoms with Crippen LogP contribution in [-0.2, 0) is 4.79 Å². The number of hydrogen-bond acceptors (Lipinski definition) is 6. The Morgan fingerprint density at radius 1 is 1.29 bits per heavy atom. The molecule has 1 aromatic carbocycles. The number of rotatable bonds is 5. The van der Waals surface area contributed by atoms with Gasteiger partial charge in [0, 0.05) is 17.5 Å². The van der Waals surface area contributed by atoms with Gasteiger partial charge in [-0.05, 0) is 37.6 Å². The summed E-state index contributed by atoms with van der Waals surface area (Å²) < 4.78 is 11.1. The van der Waals surface area contributed by atoms with E-state index in [2.05, 4.69) is 4.98 Å². The van der Waals surface area contributed by atoms with E-state index in [1.54, 1.807) is 31.2 Å². The third-order valence-corrected chi connectivity index (χ3v) is 3.78. The minimum Gasteiger partial charge on any atom is -0.505 e. The van der Waals surface area contributed by atoms with Crippen LogP contribution in [-0.4, -0.2) is 27.1 Å². The molecule has 0 aliphatic heterocycles. The first-order valence-electron chi connectivity index (χ1n) is 8.31. The number of aromatic nitrogens is 1. The summed E-state index contributed by atoms with van der Waals surface area (Å²) in [6.45, 7) is 3.48. The first-order chi connectivity index (χ1) is 13.2. The third kappa shape index (κ3) is 5.14. The number of aromatic hydroxyl groups is 1. The van der Waals surface area contributed by atoms with Crippen LogP contribution in [0.1, 0.15) is 35.9 Å². The van der Waals surface area contributed by atoms with Crippen LogP contribution in [0.15, 0.2) is 34.7 Å². The lowest BCUT2D eigenvalue weighted by Gasteiger charge is -2.02. The van der Waals surface area contributed by atoms with Gasteiger partial charge in [0.25, 0.3) is 11.9 Å². The van der Waals surface area contributed by atoms with Crippen molar-refractivity contribution in [3.05, 3.63) is 46.7 Å². The van der Waals surface area contributed by atoms with Gasteiger partial charge in [0.1, 0.15) is 5.75 Å². The van der Waals surface area contributed by atoms with Gasteiger partial charge < -0.3 is 25.1 Å². The summed E-state index contributed by atoms with van der Waals surface area (Å²) in [5, 5.41) is 18.9. The number of carbonyl (C=O) groups excluding carboxylic acids is 1. The molecular weight excluding hydrogens is 388 g/mol. The molecule has 3 aromatic rings. The van der Waals surface area contributed by atoms with Crippen molar-refractivity contribution in [2.75, 3.05) is 0 Å². The minimum atomic E-state index is -0.816. The topological polar surface area (TPSA) is 136 Å². The maximum absolute atomic E-state index is 11.3. The molecule has 1 amide bonds. The van der Waals surface area contributed by atoms with E-state index in [1.807, 2.05) is 6.92 Å². The Morgan fingerprint density at radius 2 is 1.93 bits per heavy atom. The SMILES string of the molecule is CCCC(=O)O.Cc1nc(C(N)=O)c(O)c2cc(Oc3ccc(Cl)cc3)oc12. The maximum atomic E-state index is 11.3. The molecule has 0 aliphatic rings. The first kappa shape index (κ1) is 21.0. The van der Waals surface area contributed by atoms with Gasteiger partial charge in [-0.1, -0.05) is 18.5 Å². The number of carboxylic acid groups (broad SMARTS) is 1. The molecule has 148 valence electrons. The molecule has 9 heteroatoms. The number of nitrogens with two attached hydrogens (primary N) is 1. The second kappa shape index (κ2) is 9.09. The highest BCUT2D eigenvalue weighted by Crippen LogP contribution is 2.36. The zero-order chi connectivity index (χ0) is 20.8. The monoisotopic (exact) mass is 406 g/mol. The van der Waals surface area contributed by atoms with Crippen LogP contribution in [0.3, 0.4) is 0 Å². The molecule has 28 heavy (non-hydrogen) atoms. The largest absolute Gasteiger partial charge is 0.505 e. The van der Waals surface area contributed by atoms with Crippen molar-refractivity contribution in [1.82, 2.24) is 4.98 Å². The Balaban J connectivity index is 0.000000409. The fraction of sp³-hybridized carbons (Fsp3) is 0.211. The summed E-state index contributed by atoms with van der Waals surface area (Å²) in [5.41, 5.74) is 5.73. The molecule has 2 heterocycles. The fourth-order valence-corrected chi connectivity index (χ4v) is 2.39. The lowest BCUT2D eigenvalue weighted by molar-refractivity contribution is -0.137. The lowest BCUT2D eigenvalue weighted by atomic mass is 10.2. The number of carboxylic acids is 1. The zero-order valence-electron chi connectivity index (χ0n) is 15.2. The highest BCUT2D eigenvalue weighted by molar-refractivity contribution is 6.30. The molecule has 0 aliphatic carbocycles. The van der Waals surface area contributed by atoms with Crippen LogP contribution in [0.4, 0.5) is 0 Å². The van der Waals surface area contributed by atoms with E-state index in [9.17, 15) is 14.7 Å². The standard InChI is InChI=1S/C15H11ClN2O4.C4H8O2/c1-7-14-10(13(19)12(18-7)15(17)20)6-11(22-14)21-9-4-2-8(16)3-5-9;1-2-3-4(5)6/h2-6,19H,1H3,(H2,17,20);2-3H2,1H3,(H,5,6). The van der Waals surface area contributed by atoms with Crippen molar-refractivity contribution < 1.29 is 29.0 Å². The molecule has 0 spiro atoms. The van der Waals surface area contributed by atoms with Gasteiger partial charge in [0.15, 0.2) is 17.0 Å². The number of furan rings is 1. The predicted octanol–water partition coefficient (Wildman–Crippen LogP) is 4.26. The summed E-state index contributed by atoms with van der Waals surface area (Å²) in [5.74, 6) is -1.19. The van der Waals surface area contributed by atoms with E-state index in [1.165, 1.54) is 6.07 Å². The van der Waals surface area contributed by atoms with Gasteiger partial charge in [-0.25, -0.2) is 4.98 Å². The normalized spacial score (nSPS) is 10.2. The van der Waals surface area contributed by atoms with E-state index in [0.717, 1.165) is 6.42 Å². The molecule has 8 nitrogen and oxygen atoms in total. The molecule has 0 fully saturated rings. The molecule has 0 atom stereocenters. The number of ether oxygens (including phenoxy) is 1. The minimum absolute atomic E-state index is 0.152. The van der Waals surface area contributed by atoms with E-state index in [0.29, 0.717) is 33.9 Å². The zero-order valence-corrected chi connectivity index (χ0v) is 16.0. The molecule has 0 saturated carbocycles. The Morgan fingerprint density at radius 3 is 2.43 bits per heavy atom. The molecule has 2 aromatic heterocycles. The molecule has 0 bridgehead atoms. The van der Waals surface area contributed by atoms with Crippen molar-refractivity contribution >= 4 is 34.4 Å². The number of halogens is 1. The van der Waals surface area contributed by atoms with E-state index >= 15 is 0 Å². The van der Waals surface area contributed by atoms with Crippen molar-refractivity contribution in [2.24, 2.45) is 5.73 Å².